The first-order valence-corrected chi connectivity index (χ1v) is 6.38. The van der Waals surface area contributed by atoms with Gasteiger partial charge in [0.25, 0.3) is 0 Å². The molecule has 0 amide bonds. The Morgan fingerprint density at radius 2 is 2.00 bits per heavy atom. The average Bonchev–Trinajstić information content (AvgIpc) is 2.96. The van der Waals surface area contributed by atoms with E-state index in [9.17, 15) is 9.90 Å². The molecule has 0 radical (unpaired) electrons. The number of ether oxygens (including phenoxy) is 1. The molecule has 3 nitrogen and oxygen atoms in total. The maximum Gasteiger partial charge on any atom is 0.181 e. The maximum atomic E-state index is 11.9. The summed E-state index contributed by atoms with van der Waals surface area (Å²) in [6.45, 7) is 3.70. The van der Waals surface area contributed by atoms with Crippen LogP contribution in [0.4, 0.5) is 0 Å². The Kier molecular flexibility index (Phi) is 1.93. The molecular weight excluding hydrogens is 204 g/mol. The van der Waals surface area contributed by atoms with E-state index in [0.717, 1.165) is 38.5 Å². The Hall–Kier alpha value is -0.410. The molecule has 1 aliphatic heterocycles. The number of carbonyl (C=O) groups excluding carboxylic acids is 1. The molecule has 3 aliphatic rings. The van der Waals surface area contributed by atoms with Gasteiger partial charge in [-0.05, 0) is 38.0 Å². The second-order valence-electron chi connectivity index (χ2n) is 6.07. The molecule has 2 saturated carbocycles. The third-order valence-corrected chi connectivity index (χ3v) is 5.34. The van der Waals surface area contributed by atoms with Crippen LogP contribution in [0, 0.1) is 5.41 Å². The fourth-order valence-corrected chi connectivity index (χ4v) is 4.24. The Bertz CT molecular complexity index is 353. The minimum atomic E-state index is -0.910. The number of hydrogen-bond acceptors (Lipinski definition) is 3. The Morgan fingerprint density at radius 3 is 2.69 bits per heavy atom. The van der Waals surface area contributed by atoms with Gasteiger partial charge in [-0.15, -0.1) is 0 Å². The van der Waals surface area contributed by atoms with Gasteiger partial charge in [-0.2, -0.15) is 0 Å². The lowest BCUT2D eigenvalue weighted by Crippen LogP contribution is -2.64. The Labute approximate surface area is 96.2 Å². The summed E-state index contributed by atoms with van der Waals surface area (Å²) < 4.78 is 5.67. The molecule has 4 atom stereocenters. The normalized spacial score (nSPS) is 55.1. The van der Waals surface area contributed by atoms with E-state index in [2.05, 4.69) is 6.92 Å². The van der Waals surface area contributed by atoms with Crippen LogP contribution < -0.4 is 0 Å². The SMILES string of the molecule is CC(=O)[C@]12O[C@H]1CC[C@]1(C)CCCC[C@@]12O. The van der Waals surface area contributed by atoms with Crippen LogP contribution in [0.15, 0.2) is 0 Å². The topological polar surface area (TPSA) is 49.8 Å². The van der Waals surface area contributed by atoms with Crippen LogP contribution >= 0.6 is 0 Å². The van der Waals surface area contributed by atoms with Gasteiger partial charge >= 0.3 is 0 Å². The van der Waals surface area contributed by atoms with Crippen molar-refractivity contribution < 1.29 is 14.6 Å². The van der Waals surface area contributed by atoms with Crippen molar-refractivity contribution in [2.75, 3.05) is 0 Å². The molecule has 0 spiro atoms. The van der Waals surface area contributed by atoms with E-state index < -0.39 is 11.2 Å². The van der Waals surface area contributed by atoms with Gasteiger partial charge in [-0.25, -0.2) is 0 Å². The summed E-state index contributed by atoms with van der Waals surface area (Å²) in [7, 11) is 0. The van der Waals surface area contributed by atoms with Gasteiger partial charge in [0.05, 0.1) is 6.10 Å². The number of carbonyl (C=O) groups is 1. The molecule has 2 aliphatic carbocycles. The number of aliphatic hydroxyl groups is 1. The molecule has 1 N–H and O–H groups in total. The summed E-state index contributed by atoms with van der Waals surface area (Å²) in [5.41, 5.74) is -1.88. The van der Waals surface area contributed by atoms with Crippen LogP contribution in [0.1, 0.15) is 52.4 Å². The molecule has 0 aromatic heterocycles. The van der Waals surface area contributed by atoms with E-state index in [1.165, 1.54) is 0 Å². The number of epoxide rings is 1. The number of hydrogen-bond donors (Lipinski definition) is 1. The van der Waals surface area contributed by atoms with Gasteiger partial charge in [-0.3, -0.25) is 4.79 Å². The zero-order valence-corrected chi connectivity index (χ0v) is 10.1. The van der Waals surface area contributed by atoms with Crippen LogP contribution in [0.25, 0.3) is 0 Å². The van der Waals surface area contributed by atoms with Crippen LogP contribution in [0.2, 0.25) is 0 Å². The monoisotopic (exact) mass is 224 g/mol. The first kappa shape index (κ1) is 10.7. The van der Waals surface area contributed by atoms with Crippen LogP contribution in [-0.2, 0) is 9.53 Å². The minimum absolute atomic E-state index is 0.0128. The van der Waals surface area contributed by atoms with Crippen LogP contribution in [0.5, 0.6) is 0 Å². The molecule has 0 unspecified atom stereocenters. The Morgan fingerprint density at radius 1 is 1.31 bits per heavy atom. The molecule has 3 rings (SSSR count). The van der Waals surface area contributed by atoms with Gasteiger partial charge in [0.1, 0.15) is 5.60 Å². The van der Waals surface area contributed by atoms with Gasteiger partial charge in [0.2, 0.25) is 0 Å². The van der Waals surface area contributed by atoms with Gasteiger partial charge in [0, 0.05) is 0 Å². The number of fused-ring (bicyclic) bond motifs is 3. The smallest absolute Gasteiger partial charge is 0.181 e. The number of ketones is 1. The highest BCUT2D eigenvalue weighted by Gasteiger charge is 2.78. The van der Waals surface area contributed by atoms with Crippen molar-refractivity contribution in [2.24, 2.45) is 5.41 Å². The highest BCUT2D eigenvalue weighted by Crippen LogP contribution is 2.65. The maximum absolute atomic E-state index is 11.9. The molecular formula is C13H20O3. The highest BCUT2D eigenvalue weighted by molar-refractivity contribution is 5.90. The van der Waals surface area contributed by atoms with Gasteiger partial charge < -0.3 is 9.84 Å². The molecule has 16 heavy (non-hydrogen) atoms. The minimum Gasteiger partial charge on any atom is -0.386 e. The molecule has 1 heterocycles. The fourth-order valence-electron chi connectivity index (χ4n) is 4.24. The summed E-state index contributed by atoms with van der Waals surface area (Å²) in [6.07, 6.45) is 5.82. The molecule has 3 heteroatoms. The highest BCUT2D eigenvalue weighted by atomic mass is 16.6. The molecule has 90 valence electrons. The number of rotatable bonds is 1. The fraction of sp³-hybridized carbons (Fsp3) is 0.923. The lowest BCUT2D eigenvalue weighted by molar-refractivity contribution is -0.173. The van der Waals surface area contributed by atoms with Crippen molar-refractivity contribution in [2.45, 2.75) is 69.7 Å². The van der Waals surface area contributed by atoms with E-state index in [-0.39, 0.29) is 17.3 Å². The predicted octanol–water partition coefficient (Wildman–Crippen LogP) is 1.82. The predicted molar refractivity (Wildman–Crippen MR) is 59.0 cm³/mol. The van der Waals surface area contributed by atoms with Crippen LogP contribution in [0.3, 0.4) is 0 Å². The van der Waals surface area contributed by atoms with Crippen molar-refractivity contribution in [3.63, 3.8) is 0 Å². The third-order valence-electron chi connectivity index (χ3n) is 5.34. The second-order valence-corrected chi connectivity index (χ2v) is 6.07. The summed E-state index contributed by atoms with van der Waals surface area (Å²) in [4.78, 5) is 11.9. The van der Waals surface area contributed by atoms with Gasteiger partial charge in [0.15, 0.2) is 11.4 Å². The third kappa shape index (κ3) is 0.951. The van der Waals surface area contributed by atoms with Crippen molar-refractivity contribution >= 4 is 5.78 Å². The van der Waals surface area contributed by atoms with Crippen molar-refractivity contribution in [3.8, 4) is 0 Å². The van der Waals surface area contributed by atoms with E-state index in [1.54, 1.807) is 6.92 Å². The first-order valence-electron chi connectivity index (χ1n) is 6.38. The number of Topliss-reactive ketones (excluding diaryl/α,β-unsaturated/α-hetero) is 1. The van der Waals surface area contributed by atoms with E-state index in [1.807, 2.05) is 0 Å². The van der Waals surface area contributed by atoms with Crippen LogP contribution in [-0.4, -0.2) is 28.2 Å². The second kappa shape index (κ2) is 2.88. The molecule has 0 aromatic rings. The lowest BCUT2D eigenvalue weighted by Gasteiger charge is -2.53. The summed E-state index contributed by atoms with van der Waals surface area (Å²) in [6, 6.07) is 0. The summed E-state index contributed by atoms with van der Waals surface area (Å²) in [5.74, 6) is 0.0211. The standard InChI is InChI=1S/C13H20O3/c1-9(14)13-10(16-13)5-8-11(2)6-3-4-7-12(11,13)15/h10,15H,3-8H2,1-2H3/t10-,11-,12+,13-/m0/s1. The largest absolute Gasteiger partial charge is 0.386 e. The molecule has 3 fully saturated rings. The summed E-state index contributed by atoms with van der Waals surface area (Å²) in [5, 5.41) is 11.0. The zero-order chi connectivity index (χ0) is 11.6. The van der Waals surface area contributed by atoms with Crippen molar-refractivity contribution in [3.05, 3.63) is 0 Å². The van der Waals surface area contributed by atoms with E-state index in [0.29, 0.717) is 0 Å². The lowest BCUT2D eigenvalue weighted by atomic mass is 9.52. The van der Waals surface area contributed by atoms with Crippen molar-refractivity contribution in [1.29, 1.82) is 0 Å². The molecule has 0 bridgehead atoms. The average molecular weight is 224 g/mol. The summed E-state index contributed by atoms with van der Waals surface area (Å²) >= 11 is 0. The van der Waals surface area contributed by atoms with Crippen molar-refractivity contribution in [1.82, 2.24) is 0 Å². The molecule has 0 aromatic carbocycles. The Balaban J connectivity index is 2.07. The van der Waals surface area contributed by atoms with E-state index in [4.69, 9.17) is 4.74 Å². The zero-order valence-electron chi connectivity index (χ0n) is 10.1. The molecule has 1 saturated heterocycles. The first-order chi connectivity index (χ1) is 7.46. The van der Waals surface area contributed by atoms with Gasteiger partial charge in [-0.1, -0.05) is 19.8 Å². The van der Waals surface area contributed by atoms with E-state index >= 15 is 0 Å². The quantitative estimate of drug-likeness (QED) is 0.691.